The van der Waals surface area contributed by atoms with Crippen LogP contribution >= 0.6 is 0 Å². The topological polar surface area (TPSA) is 105 Å². The summed E-state index contributed by atoms with van der Waals surface area (Å²) in [4.78, 5) is 14.3. The second kappa shape index (κ2) is 20.0. The van der Waals surface area contributed by atoms with E-state index in [1.807, 2.05) is 36.8 Å². The molecule has 6 nitrogen and oxygen atoms in total. The van der Waals surface area contributed by atoms with Crippen LogP contribution in [0, 0.1) is 0 Å². The van der Waals surface area contributed by atoms with Gasteiger partial charge in [-0.25, -0.2) is 0 Å². The number of aromatic nitrogens is 3. The molecule has 378 valence electrons. The molecule has 15 rings (SSSR count). The first kappa shape index (κ1) is 53.0. The normalized spacial score (nSPS) is 13.9. The number of benzene rings is 9. The molecule has 0 unspecified atom stereocenters. The van der Waals surface area contributed by atoms with E-state index < -0.39 is 0 Å². The second-order valence-corrected chi connectivity index (χ2v) is 22.4. The van der Waals surface area contributed by atoms with Crippen LogP contribution in [0.4, 0.5) is 0 Å². The summed E-state index contributed by atoms with van der Waals surface area (Å²) in [6, 6.07) is 67.8. The summed E-state index contributed by atoms with van der Waals surface area (Å²) in [5, 5.41) is 42.6. The van der Waals surface area contributed by atoms with E-state index in [9.17, 15) is 15.3 Å². The summed E-state index contributed by atoms with van der Waals surface area (Å²) in [6.07, 6.45) is 5.73. The van der Waals surface area contributed by atoms with Crippen molar-refractivity contribution in [1.82, 2.24) is 15.0 Å². The van der Waals surface area contributed by atoms with Crippen LogP contribution < -0.4 is 10.2 Å². The quantitative estimate of drug-likeness (QED) is 0.177. The van der Waals surface area contributed by atoms with Gasteiger partial charge in [0.05, 0.1) is 17.1 Å². The molecular weight excluding hydrogens is 973 g/mol. The predicted molar refractivity (Wildman–Crippen MR) is 326 cm³/mol. The zero-order chi connectivity index (χ0) is 53.7. The average molecular weight is 1030 g/mol. The molecule has 0 radical (unpaired) electrons. The number of phenolic OH excluding ortho intramolecular Hbond substituents is 1. The van der Waals surface area contributed by atoms with Crippen LogP contribution in [-0.4, -0.2) is 40.3 Å². The third-order valence-corrected chi connectivity index (χ3v) is 16.8. The third-order valence-electron chi connectivity index (χ3n) is 16.8. The van der Waals surface area contributed by atoms with Crippen molar-refractivity contribution in [1.29, 1.82) is 0 Å². The van der Waals surface area contributed by atoms with Crippen molar-refractivity contribution >= 4 is 52.6 Å². The van der Waals surface area contributed by atoms with E-state index >= 15 is 0 Å². The molecule has 3 aromatic heterocycles. The van der Waals surface area contributed by atoms with Gasteiger partial charge in [0.25, 0.3) is 0 Å². The largest absolute Gasteiger partial charge is 2.00 e. The van der Waals surface area contributed by atoms with Crippen molar-refractivity contribution in [3.8, 4) is 84.4 Å². The SMILES string of the molecule is CC1(C)c2cc(-c3cccc4ccccc34)cnc2-c2c(O)cccc21.CC1(C)c2cc(-c3cccc4ccccc34)cnc2-c2c([O-])cccc21.CC1(C)c2cc(-c3cccc4ccccc34)cnc2-c2c([O-])cccc21.[Be+2].[Be+2]. The Kier molecular flexibility index (Phi) is 13.2. The average Bonchev–Trinajstić information content (AvgIpc) is 3.97. The molecule has 3 aliphatic carbocycles. The number of hydrogen-bond donors (Lipinski definition) is 1. The Morgan fingerprint density at radius 1 is 0.325 bits per heavy atom. The van der Waals surface area contributed by atoms with Crippen LogP contribution in [0.3, 0.4) is 0 Å². The first-order valence-electron chi connectivity index (χ1n) is 26.6. The molecule has 0 spiro atoms. The van der Waals surface area contributed by atoms with Gasteiger partial charge in [-0.15, -0.1) is 0 Å². The fourth-order valence-corrected chi connectivity index (χ4v) is 12.6. The van der Waals surface area contributed by atoms with Gasteiger partial charge in [0, 0.05) is 57.1 Å². The molecule has 1 N–H and O–H groups in total. The van der Waals surface area contributed by atoms with E-state index in [0.717, 1.165) is 78.3 Å². The van der Waals surface area contributed by atoms with Gasteiger partial charge in [-0.1, -0.05) is 229 Å². The first-order valence-corrected chi connectivity index (χ1v) is 26.6. The van der Waals surface area contributed by atoms with Gasteiger partial charge in [-0.2, -0.15) is 0 Å². The number of aromatic hydroxyl groups is 1. The molecule has 0 aliphatic heterocycles. The van der Waals surface area contributed by atoms with Crippen LogP contribution in [0.2, 0.25) is 0 Å². The Morgan fingerprint density at radius 2 is 0.613 bits per heavy atom. The number of pyridine rings is 3. The Morgan fingerprint density at radius 3 is 0.975 bits per heavy atom. The van der Waals surface area contributed by atoms with Gasteiger partial charge in [0.2, 0.25) is 0 Å². The third kappa shape index (κ3) is 8.38. The van der Waals surface area contributed by atoms with Crippen LogP contribution in [0.1, 0.15) is 74.9 Å². The van der Waals surface area contributed by atoms with Crippen molar-refractivity contribution in [3.05, 3.63) is 252 Å². The molecule has 80 heavy (non-hydrogen) atoms. The van der Waals surface area contributed by atoms with Gasteiger partial charge in [0.1, 0.15) is 5.75 Å². The van der Waals surface area contributed by atoms with Crippen LogP contribution in [0.5, 0.6) is 17.2 Å². The smallest absolute Gasteiger partial charge is 0.872 e. The Hall–Kier alpha value is -9.05. The molecule has 0 saturated heterocycles. The van der Waals surface area contributed by atoms with Gasteiger partial charge < -0.3 is 15.3 Å². The number of phenols is 1. The number of nitrogens with zero attached hydrogens (tertiary/aromatic N) is 3. The molecule has 0 atom stereocenters. The maximum absolute atomic E-state index is 12.5. The zero-order valence-electron chi connectivity index (χ0n) is 45.8. The van der Waals surface area contributed by atoms with Crippen LogP contribution in [-0.2, 0) is 16.2 Å². The fraction of sp³-hybridized carbons (Fsp3) is 0.125. The van der Waals surface area contributed by atoms with E-state index in [2.05, 4.69) is 205 Å². The molecule has 8 heteroatoms. The number of rotatable bonds is 3. The van der Waals surface area contributed by atoms with Gasteiger partial charge in [0.15, 0.2) is 0 Å². The van der Waals surface area contributed by atoms with E-state index in [1.165, 1.54) is 54.6 Å². The minimum Gasteiger partial charge on any atom is -0.872 e. The van der Waals surface area contributed by atoms with E-state index in [4.69, 9.17) is 15.0 Å². The van der Waals surface area contributed by atoms with E-state index in [-0.39, 0.29) is 48.0 Å². The second-order valence-electron chi connectivity index (χ2n) is 22.4. The van der Waals surface area contributed by atoms with Crippen molar-refractivity contribution in [3.63, 3.8) is 0 Å². The van der Waals surface area contributed by atoms with Crippen molar-refractivity contribution in [2.45, 2.75) is 57.8 Å². The minimum atomic E-state index is -0.224. The summed E-state index contributed by atoms with van der Waals surface area (Å²) in [5.74, 6) is 0.416. The number of fused-ring (bicyclic) bond motifs is 12. The molecule has 3 aliphatic rings. The Balaban J connectivity index is 0.000000125. The maximum Gasteiger partial charge on any atom is 2.00 e. The van der Waals surface area contributed by atoms with E-state index in [0.29, 0.717) is 5.75 Å². The molecule has 12 aromatic rings. The van der Waals surface area contributed by atoms with Gasteiger partial charge in [-0.05, 0) is 118 Å². The van der Waals surface area contributed by atoms with Crippen molar-refractivity contribution in [2.24, 2.45) is 0 Å². The van der Waals surface area contributed by atoms with E-state index in [1.54, 1.807) is 18.2 Å². The summed E-state index contributed by atoms with van der Waals surface area (Å²) in [5.41, 5.74) is 17.9. The summed E-state index contributed by atoms with van der Waals surface area (Å²) >= 11 is 0. The van der Waals surface area contributed by atoms with Crippen LogP contribution in [0.15, 0.2) is 219 Å². The molecule has 0 fully saturated rings. The van der Waals surface area contributed by atoms with Gasteiger partial charge >= 0.3 is 20.2 Å². The van der Waals surface area contributed by atoms with Gasteiger partial charge in [-0.3, -0.25) is 15.0 Å². The first-order chi connectivity index (χ1) is 37.7. The van der Waals surface area contributed by atoms with Crippen molar-refractivity contribution < 1.29 is 15.3 Å². The number of hydrogen-bond acceptors (Lipinski definition) is 6. The molecule has 3 heterocycles. The summed E-state index contributed by atoms with van der Waals surface area (Å²) in [6.45, 7) is 13.1. The molecule has 0 saturated carbocycles. The molecule has 0 bridgehead atoms. The molecule has 9 aromatic carbocycles. The summed E-state index contributed by atoms with van der Waals surface area (Å²) in [7, 11) is 0. The molecule has 0 amide bonds. The van der Waals surface area contributed by atoms with Crippen molar-refractivity contribution in [2.75, 3.05) is 0 Å². The standard InChI is InChI=1S/3C24H19NO.2Be/c3*1-24(2)19-11-6-12-21(26)22(19)23-20(24)13-16(14-25-23)18-10-5-8-15-7-3-4-9-17(15)18;;/h3*3-14,26H,1-2H3;;/q;;;2*+2/p-2. The Labute approximate surface area is 474 Å². The Bertz CT molecular complexity index is 3970. The predicted octanol–water partition coefficient (Wildman–Crippen LogP) is 15.7. The summed E-state index contributed by atoms with van der Waals surface area (Å²) < 4.78 is 0. The monoisotopic (exact) mass is 1030 g/mol. The van der Waals surface area contributed by atoms with Crippen LogP contribution in [0.25, 0.3) is 99.5 Å². The molecular formula is C72H55Be2N3O3+2. The fourth-order valence-electron chi connectivity index (χ4n) is 12.6. The zero-order valence-corrected chi connectivity index (χ0v) is 45.8. The maximum atomic E-state index is 12.5. The minimum absolute atomic E-state index is 0.